The second-order valence-electron chi connectivity index (χ2n) is 6.75. The molecule has 3 aromatic rings. The summed E-state index contributed by atoms with van der Waals surface area (Å²) >= 11 is 0. The molecule has 0 atom stereocenters. The highest BCUT2D eigenvalue weighted by Gasteiger charge is 2.13. The molecule has 0 spiro atoms. The number of methoxy groups -OCH3 is 1. The summed E-state index contributed by atoms with van der Waals surface area (Å²) < 4.78 is 11.1. The van der Waals surface area contributed by atoms with Gasteiger partial charge >= 0.3 is 0 Å². The fourth-order valence-corrected chi connectivity index (χ4v) is 2.71. The van der Waals surface area contributed by atoms with Gasteiger partial charge in [-0.05, 0) is 38.1 Å². The van der Waals surface area contributed by atoms with Crippen LogP contribution in [0, 0.1) is 10.1 Å². The fourth-order valence-electron chi connectivity index (χ4n) is 2.71. The Morgan fingerprint density at radius 2 is 2.03 bits per heavy atom. The summed E-state index contributed by atoms with van der Waals surface area (Å²) in [6, 6.07) is 12.9. The Morgan fingerprint density at radius 3 is 2.74 bits per heavy atom. The molecule has 0 saturated heterocycles. The first kappa shape index (κ1) is 21.5. The molecule has 2 N–H and O–H groups in total. The van der Waals surface area contributed by atoms with E-state index in [1.807, 2.05) is 19.9 Å². The van der Waals surface area contributed by atoms with Crippen LogP contribution in [-0.2, 0) is 0 Å². The molecule has 0 fully saturated rings. The van der Waals surface area contributed by atoms with Crippen LogP contribution in [0.25, 0.3) is 11.3 Å². The largest absolute Gasteiger partial charge is 0.493 e. The van der Waals surface area contributed by atoms with Crippen molar-refractivity contribution in [2.75, 3.05) is 7.11 Å². The predicted molar refractivity (Wildman–Crippen MR) is 114 cm³/mol. The number of nitrogens with one attached hydrogen (secondary N) is 2. The number of ether oxygens (including phenoxy) is 2. The monoisotopic (exact) mass is 423 g/mol. The van der Waals surface area contributed by atoms with Crippen molar-refractivity contribution < 1.29 is 19.2 Å². The number of nitro benzene ring substituents is 1. The van der Waals surface area contributed by atoms with Gasteiger partial charge in [0.1, 0.15) is 5.69 Å². The Bertz CT molecular complexity index is 1120. The van der Waals surface area contributed by atoms with Crippen LogP contribution in [0.4, 0.5) is 5.69 Å². The van der Waals surface area contributed by atoms with Gasteiger partial charge in [-0.2, -0.15) is 10.2 Å². The van der Waals surface area contributed by atoms with Crippen molar-refractivity contribution in [3.63, 3.8) is 0 Å². The summed E-state index contributed by atoms with van der Waals surface area (Å²) in [7, 11) is 1.55. The van der Waals surface area contributed by atoms with E-state index >= 15 is 0 Å². The maximum absolute atomic E-state index is 12.3. The van der Waals surface area contributed by atoms with Gasteiger partial charge in [-0.1, -0.05) is 12.1 Å². The molecule has 2 aromatic carbocycles. The van der Waals surface area contributed by atoms with Crippen LogP contribution in [0.1, 0.15) is 29.9 Å². The van der Waals surface area contributed by atoms with Crippen molar-refractivity contribution in [3.05, 3.63) is 69.9 Å². The average Bonchev–Trinajstić information content (AvgIpc) is 3.24. The highest BCUT2D eigenvalue weighted by Crippen LogP contribution is 2.32. The van der Waals surface area contributed by atoms with E-state index in [1.54, 1.807) is 31.4 Å². The third-order valence-corrected chi connectivity index (χ3v) is 4.11. The highest BCUT2D eigenvalue weighted by molar-refractivity contribution is 5.94. The van der Waals surface area contributed by atoms with E-state index in [0.717, 1.165) is 5.56 Å². The van der Waals surface area contributed by atoms with Gasteiger partial charge in [0.05, 0.1) is 30.0 Å². The van der Waals surface area contributed by atoms with Gasteiger partial charge in [-0.25, -0.2) is 5.43 Å². The highest BCUT2D eigenvalue weighted by atomic mass is 16.6. The first-order valence-electron chi connectivity index (χ1n) is 9.35. The first-order valence-corrected chi connectivity index (χ1v) is 9.35. The van der Waals surface area contributed by atoms with Gasteiger partial charge in [0.15, 0.2) is 11.5 Å². The molecule has 10 nitrogen and oxygen atoms in total. The molecule has 0 unspecified atom stereocenters. The molecule has 0 aliphatic heterocycles. The lowest BCUT2D eigenvalue weighted by Gasteiger charge is -2.14. The van der Waals surface area contributed by atoms with Crippen LogP contribution >= 0.6 is 0 Å². The summed E-state index contributed by atoms with van der Waals surface area (Å²) in [5.74, 6) is 0.666. The molecular weight excluding hydrogens is 402 g/mol. The Balaban J connectivity index is 1.69. The van der Waals surface area contributed by atoms with Crippen molar-refractivity contribution in [1.82, 2.24) is 15.6 Å². The number of aromatic nitrogens is 2. The van der Waals surface area contributed by atoms with Crippen LogP contribution < -0.4 is 14.9 Å². The van der Waals surface area contributed by atoms with E-state index in [9.17, 15) is 14.9 Å². The van der Waals surface area contributed by atoms with Gasteiger partial charge in [-0.15, -0.1) is 0 Å². The summed E-state index contributed by atoms with van der Waals surface area (Å²) in [6.45, 7) is 3.85. The van der Waals surface area contributed by atoms with Crippen molar-refractivity contribution >= 4 is 17.8 Å². The second kappa shape index (κ2) is 9.53. The minimum atomic E-state index is -0.507. The number of nitro groups is 1. The number of amides is 1. The Kier molecular flexibility index (Phi) is 6.61. The number of carbonyl (C=O) groups excluding carboxylic acids is 1. The summed E-state index contributed by atoms with van der Waals surface area (Å²) in [5.41, 5.74) is 4.26. The quantitative estimate of drug-likeness (QED) is 0.324. The molecule has 0 saturated carbocycles. The number of H-pyrrole nitrogens is 1. The van der Waals surface area contributed by atoms with Crippen LogP contribution in [0.2, 0.25) is 0 Å². The van der Waals surface area contributed by atoms with Crippen LogP contribution in [-0.4, -0.2) is 40.5 Å². The van der Waals surface area contributed by atoms with Crippen molar-refractivity contribution in [2.24, 2.45) is 5.10 Å². The lowest BCUT2D eigenvalue weighted by molar-refractivity contribution is -0.384. The number of carbonyl (C=O) groups is 1. The molecule has 1 amide bonds. The van der Waals surface area contributed by atoms with E-state index in [4.69, 9.17) is 9.47 Å². The summed E-state index contributed by atoms with van der Waals surface area (Å²) in [4.78, 5) is 22.6. The summed E-state index contributed by atoms with van der Waals surface area (Å²) in [6.07, 6.45) is 1.32. The molecule has 0 aliphatic rings. The zero-order chi connectivity index (χ0) is 22.4. The van der Waals surface area contributed by atoms with E-state index < -0.39 is 10.8 Å². The smallest absolute Gasteiger partial charge is 0.289 e. The number of aromatic amines is 1. The van der Waals surface area contributed by atoms with Crippen molar-refractivity contribution in [3.8, 4) is 22.8 Å². The lowest BCUT2D eigenvalue weighted by atomic mass is 10.1. The van der Waals surface area contributed by atoms with Gasteiger partial charge < -0.3 is 9.47 Å². The van der Waals surface area contributed by atoms with E-state index in [0.29, 0.717) is 22.8 Å². The zero-order valence-corrected chi connectivity index (χ0v) is 17.2. The number of hydrazone groups is 1. The molecule has 1 heterocycles. The molecule has 10 heteroatoms. The topological polar surface area (TPSA) is 132 Å². The third-order valence-electron chi connectivity index (χ3n) is 4.11. The van der Waals surface area contributed by atoms with E-state index in [2.05, 4.69) is 20.7 Å². The van der Waals surface area contributed by atoms with E-state index in [1.165, 1.54) is 24.4 Å². The lowest BCUT2D eigenvalue weighted by Crippen LogP contribution is -2.18. The molecular formula is C21H21N5O5. The predicted octanol–water partition coefficient (Wildman–Crippen LogP) is 3.54. The maximum Gasteiger partial charge on any atom is 0.289 e. The van der Waals surface area contributed by atoms with Crippen molar-refractivity contribution in [1.29, 1.82) is 0 Å². The number of rotatable bonds is 8. The number of benzene rings is 2. The minimum absolute atomic E-state index is 0.00279. The molecule has 0 bridgehead atoms. The molecule has 3 rings (SSSR count). The molecule has 31 heavy (non-hydrogen) atoms. The first-order chi connectivity index (χ1) is 14.9. The normalized spacial score (nSPS) is 11.0. The number of hydrogen-bond donors (Lipinski definition) is 2. The van der Waals surface area contributed by atoms with Crippen LogP contribution in [0.5, 0.6) is 11.5 Å². The van der Waals surface area contributed by atoms with Crippen molar-refractivity contribution in [2.45, 2.75) is 20.0 Å². The van der Waals surface area contributed by atoms with Gasteiger partial charge in [-0.3, -0.25) is 20.0 Å². The SMILES string of the molecule is COc1cc(-c2cc(C(=O)N/N=C/c3cccc([N+](=O)[O-])c3)[nH]n2)ccc1OC(C)C. The molecule has 0 aliphatic carbocycles. The molecule has 160 valence electrons. The zero-order valence-electron chi connectivity index (χ0n) is 17.2. The van der Waals surface area contributed by atoms with Gasteiger partial charge in [0.2, 0.25) is 0 Å². The maximum atomic E-state index is 12.3. The number of hydrogen-bond acceptors (Lipinski definition) is 7. The number of non-ortho nitro benzene ring substituents is 1. The Hall–Kier alpha value is -4.21. The minimum Gasteiger partial charge on any atom is -0.493 e. The van der Waals surface area contributed by atoms with Gasteiger partial charge in [0.25, 0.3) is 11.6 Å². The second-order valence-corrected chi connectivity index (χ2v) is 6.75. The molecule has 1 aromatic heterocycles. The Labute approximate surface area is 178 Å². The number of nitrogens with zero attached hydrogens (tertiary/aromatic N) is 3. The Morgan fingerprint density at radius 1 is 1.23 bits per heavy atom. The standard InChI is InChI=1S/C21H21N5O5/c1-13(2)31-19-8-7-15(10-20(19)30-3)17-11-18(24-23-17)21(27)25-22-12-14-5-4-6-16(9-14)26(28)29/h4-13H,1-3H3,(H,23,24)(H,25,27)/b22-12+. The van der Waals surface area contributed by atoms with E-state index in [-0.39, 0.29) is 17.5 Å². The third kappa shape index (κ3) is 5.44. The fraction of sp³-hybridized carbons (Fsp3) is 0.190. The van der Waals surface area contributed by atoms with Crippen LogP contribution in [0.3, 0.4) is 0 Å². The average molecular weight is 423 g/mol. The molecule has 0 radical (unpaired) electrons. The van der Waals surface area contributed by atoms with Gasteiger partial charge in [0, 0.05) is 23.3 Å². The summed E-state index contributed by atoms with van der Waals surface area (Å²) in [5, 5.41) is 21.5. The van der Waals surface area contributed by atoms with Crippen LogP contribution in [0.15, 0.2) is 53.6 Å².